The maximum atomic E-state index is 14.8. The van der Waals surface area contributed by atoms with Crippen LogP contribution in [0.25, 0.3) is 16.7 Å². The Bertz CT molecular complexity index is 1460. The summed E-state index contributed by atoms with van der Waals surface area (Å²) in [5, 5.41) is 1.59. The summed E-state index contributed by atoms with van der Waals surface area (Å²) < 4.78 is 69.3. The number of rotatable bonds is 6. The van der Waals surface area contributed by atoms with Crippen molar-refractivity contribution in [2.75, 3.05) is 24.5 Å². The van der Waals surface area contributed by atoms with Crippen LogP contribution in [0.15, 0.2) is 41.3 Å². The number of halogens is 5. The second-order valence-corrected chi connectivity index (χ2v) is 8.72. The number of hydrogen-bond acceptors (Lipinski definition) is 4. The van der Waals surface area contributed by atoms with Gasteiger partial charge in [-0.2, -0.15) is 13.2 Å². The Morgan fingerprint density at radius 2 is 1.84 bits per heavy atom. The van der Waals surface area contributed by atoms with Crippen molar-refractivity contribution in [3.8, 4) is 5.69 Å². The molecular formula is C25H24F5N5O3. The van der Waals surface area contributed by atoms with Crippen LogP contribution in [-0.4, -0.2) is 58.2 Å². The smallest absolute Gasteiger partial charge is 0.340 e. The summed E-state index contributed by atoms with van der Waals surface area (Å²) in [7, 11) is 0. The third kappa shape index (κ3) is 5.04. The first kappa shape index (κ1) is 27.0. The fourth-order valence-corrected chi connectivity index (χ4v) is 4.30. The molecule has 8 nitrogen and oxygen atoms in total. The van der Waals surface area contributed by atoms with Crippen LogP contribution in [0, 0.1) is 11.6 Å². The number of carbonyl (C=O) groups excluding carboxylic acids is 2. The number of aromatic nitrogens is 2. The monoisotopic (exact) mass is 537 g/mol. The van der Waals surface area contributed by atoms with Crippen molar-refractivity contribution in [3.63, 3.8) is 0 Å². The van der Waals surface area contributed by atoms with E-state index in [1.165, 1.54) is 24.0 Å². The van der Waals surface area contributed by atoms with E-state index in [1.54, 1.807) is 10.2 Å². The highest BCUT2D eigenvalue weighted by Gasteiger charge is 2.40. The Labute approximate surface area is 213 Å². The predicted octanol–water partition coefficient (Wildman–Crippen LogP) is 4.39. The number of anilines is 1. The SMILES string of the molecule is CCC(NC(=O)c1cn(-c2ccc(F)cc2F)c2nc(N3CCCN(CC)C3=O)ccc2c1=O)C(F)(F)F. The maximum Gasteiger partial charge on any atom is 0.408 e. The molecule has 3 aromatic rings. The number of carbonyl (C=O) groups is 2. The highest BCUT2D eigenvalue weighted by Crippen LogP contribution is 2.26. The van der Waals surface area contributed by atoms with Gasteiger partial charge in [0.05, 0.1) is 11.1 Å². The molecule has 13 heteroatoms. The average molecular weight is 537 g/mol. The minimum absolute atomic E-state index is 0.150. The molecule has 4 rings (SSSR count). The quantitative estimate of drug-likeness (QED) is 0.473. The summed E-state index contributed by atoms with van der Waals surface area (Å²) in [5.41, 5.74) is -2.10. The molecule has 0 bridgehead atoms. The normalized spacial score (nSPS) is 15.2. The number of pyridine rings is 2. The molecule has 1 N–H and O–H groups in total. The molecule has 1 aromatic carbocycles. The number of hydrogen-bond donors (Lipinski definition) is 1. The van der Waals surface area contributed by atoms with E-state index in [2.05, 4.69) is 4.98 Å². The molecule has 0 saturated carbocycles. The van der Waals surface area contributed by atoms with Crippen molar-refractivity contribution >= 4 is 28.8 Å². The van der Waals surface area contributed by atoms with Gasteiger partial charge in [0.1, 0.15) is 29.1 Å². The van der Waals surface area contributed by atoms with E-state index < -0.39 is 47.2 Å². The third-order valence-electron chi connectivity index (χ3n) is 6.33. The first-order chi connectivity index (χ1) is 18.0. The third-order valence-corrected chi connectivity index (χ3v) is 6.33. The molecule has 1 aliphatic heterocycles. The lowest BCUT2D eigenvalue weighted by atomic mass is 10.1. The molecule has 38 heavy (non-hydrogen) atoms. The summed E-state index contributed by atoms with van der Waals surface area (Å²) >= 11 is 0. The van der Waals surface area contributed by atoms with Gasteiger partial charge in [0.25, 0.3) is 5.91 Å². The predicted molar refractivity (Wildman–Crippen MR) is 129 cm³/mol. The maximum absolute atomic E-state index is 14.8. The van der Waals surface area contributed by atoms with Gasteiger partial charge < -0.3 is 10.2 Å². The molecule has 1 atom stereocenters. The molecule has 1 saturated heterocycles. The van der Waals surface area contributed by atoms with Crippen molar-refractivity contribution in [1.82, 2.24) is 19.8 Å². The highest BCUT2D eigenvalue weighted by atomic mass is 19.4. The van der Waals surface area contributed by atoms with Crippen LogP contribution < -0.4 is 15.6 Å². The minimum atomic E-state index is -4.76. The number of alkyl halides is 3. The van der Waals surface area contributed by atoms with Gasteiger partial charge in [-0.1, -0.05) is 6.92 Å². The van der Waals surface area contributed by atoms with Crippen LogP contribution in [-0.2, 0) is 0 Å². The van der Waals surface area contributed by atoms with E-state index in [-0.39, 0.29) is 28.6 Å². The largest absolute Gasteiger partial charge is 0.408 e. The molecule has 1 unspecified atom stereocenters. The van der Waals surface area contributed by atoms with Crippen LogP contribution >= 0.6 is 0 Å². The number of urea groups is 1. The van der Waals surface area contributed by atoms with Crippen molar-refractivity contribution in [2.24, 2.45) is 0 Å². The van der Waals surface area contributed by atoms with Crippen molar-refractivity contribution in [1.29, 1.82) is 0 Å². The zero-order valence-corrected chi connectivity index (χ0v) is 20.5. The zero-order chi connectivity index (χ0) is 27.8. The lowest BCUT2D eigenvalue weighted by molar-refractivity contribution is -0.153. The van der Waals surface area contributed by atoms with Gasteiger partial charge >= 0.3 is 12.2 Å². The lowest BCUT2D eigenvalue weighted by Gasteiger charge is -2.34. The van der Waals surface area contributed by atoms with Gasteiger partial charge in [0.2, 0.25) is 5.43 Å². The summed E-state index contributed by atoms with van der Waals surface area (Å²) in [6.45, 7) is 4.39. The van der Waals surface area contributed by atoms with E-state index >= 15 is 0 Å². The van der Waals surface area contributed by atoms with Crippen molar-refractivity contribution < 1.29 is 31.5 Å². The van der Waals surface area contributed by atoms with Crippen molar-refractivity contribution in [3.05, 3.63) is 63.9 Å². The van der Waals surface area contributed by atoms with E-state index in [9.17, 15) is 36.3 Å². The molecule has 0 radical (unpaired) electrons. The van der Waals surface area contributed by atoms with Gasteiger partial charge in [-0.25, -0.2) is 18.6 Å². The van der Waals surface area contributed by atoms with E-state index in [0.717, 1.165) is 22.9 Å². The summed E-state index contributed by atoms with van der Waals surface area (Å²) in [4.78, 5) is 46.3. The molecule has 1 aliphatic rings. The van der Waals surface area contributed by atoms with E-state index in [4.69, 9.17) is 0 Å². The Morgan fingerprint density at radius 1 is 1.11 bits per heavy atom. The molecule has 2 aromatic heterocycles. The second-order valence-electron chi connectivity index (χ2n) is 8.72. The van der Waals surface area contributed by atoms with E-state index in [1.807, 2.05) is 6.92 Å². The fraction of sp³-hybridized carbons (Fsp3) is 0.360. The highest BCUT2D eigenvalue weighted by molar-refractivity contribution is 5.98. The van der Waals surface area contributed by atoms with Crippen molar-refractivity contribution in [2.45, 2.75) is 38.9 Å². The number of nitrogens with one attached hydrogen (secondary N) is 1. The zero-order valence-electron chi connectivity index (χ0n) is 20.5. The first-order valence-electron chi connectivity index (χ1n) is 11.9. The number of amides is 3. The molecule has 1 fully saturated rings. The number of nitrogens with zero attached hydrogens (tertiary/aromatic N) is 4. The Balaban J connectivity index is 1.91. The molecule has 3 amide bonds. The number of benzene rings is 1. The van der Waals surface area contributed by atoms with Crippen LogP contribution in [0.1, 0.15) is 37.0 Å². The topological polar surface area (TPSA) is 87.5 Å². The summed E-state index contributed by atoms with van der Waals surface area (Å²) in [5.74, 6) is -3.12. The van der Waals surface area contributed by atoms with Crippen LogP contribution in [0.3, 0.4) is 0 Å². The molecule has 0 aliphatic carbocycles. The van der Waals surface area contributed by atoms with E-state index in [0.29, 0.717) is 32.1 Å². The minimum Gasteiger partial charge on any atom is -0.340 e. The Hall–Kier alpha value is -4.03. The fourth-order valence-electron chi connectivity index (χ4n) is 4.30. The van der Waals surface area contributed by atoms with Crippen LogP contribution in [0.4, 0.5) is 32.6 Å². The van der Waals surface area contributed by atoms with Gasteiger partial charge in [0.15, 0.2) is 5.65 Å². The van der Waals surface area contributed by atoms with Crippen LogP contribution in [0.5, 0.6) is 0 Å². The first-order valence-corrected chi connectivity index (χ1v) is 11.9. The van der Waals surface area contributed by atoms with Gasteiger partial charge in [-0.05, 0) is 44.0 Å². The van der Waals surface area contributed by atoms with Crippen LogP contribution in [0.2, 0.25) is 0 Å². The Morgan fingerprint density at radius 3 is 2.47 bits per heavy atom. The average Bonchev–Trinajstić information content (AvgIpc) is 2.87. The molecule has 202 valence electrons. The summed E-state index contributed by atoms with van der Waals surface area (Å²) in [6, 6.07) is 2.67. The Kier molecular flexibility index (Phi) is 7.38. The molecular weight excluding hydrogens is 513 g/mol. The van der Waals surface area contributed by atoms with Gasteiger partial charge in [-0.3, -0.25) is 19.1 Å². The number of fused-ring (bicyclic) bond motifs is 1. The molecule has 3 heterocycles. The standard InChI is InChI=1S/C25H24F5N5O3/c1-3-19(25(28,29)30)31-23(37)16-13-35(18-8-6-14(26)12-17(18)27)22-15(21(16)36)7-9-20(32-22)34-11-5-10-33(4-2)24(34)38/h6-9,12-13,19H,3-5,10-11H2,1-2H3,(H,31,37). The van der Waals surface area contributed by atoms with Gasteiger partial charge in [-0.15, -0.1) is 0 Å². The second kappa shape index (κ2) is 10.4. The molecule has 0 spiro atoms. The summed E-state index contributed by atoms with van der Waals surface area (Å²) in [6.07, 6.45) is -3.72. The van der Waals surface area contributed by atoms with Gasteiger partial charge in [0, 0.05) is 31.9 Å². The lowest BCUT2D eigenvalue weighted by Crippen LogP contribution is -2.49.